The number of thiophene rings is 1. The molecule has 2 amide bonds. The molecule has 0 fully saturated rings. The molecule has 0 radical (unpaired) electrons. The number of aryl methyl sites for hydroxylation is 1. The molecule has 0 bridgehead atoms. The largest absolute Gasteiger partial charge is 0.455 e. The summed E-state index contributed by atoms with van der Waals surface area (Å²) >= 11 is 7.49. The van der Waals surface area contributed by atoms with Crippen molar-refractivity contribution in [2.75, 3.05) is 17.2 Å². The van der Waals surface area contributed by atoms with Crippen molar-refractivity contribution in [1.29, 1.82) is 0 Å². The lowest BCUT2D eigenvalue weighted by Crippen LogP contribution is -2.22. The van der Waals surface area contributed by atoms with Gasteiger partial charge in [0, 0.05) is 16.8 Å². The zero-order chi connectivity index (χ0) is 24.1. The van der Waals surface area contributed by atoms with Crippen molar-refractivity contribution in [1.82, 2.24) is 0 Å². The molecule has 2 N–H and O–H groups in total. The number of halogens is 1. The highest BCUT2D eigenvalue weighted by molar-refractivity contribution is 7.17. The first-order valence-electron chi connectivity index (χ1n) is 10.8. The Labute approximate surface area is 206 Å². The predicted molar refractivity (Wildman–Crippen MR) is 132 cm³/mol. The molecule has 0 saturated heterocycles. The van der Waals surface area contributed by atoms with Gasteiger partial charge in [0.05, 0.1) is 11.3 Å². The van der Waals surface area contributed by atoms with Gasteiger partial charge in [-0.05, 0) is 61.6 Å². The minimum absolute atomic E-state index is 0.266. The number of fused-ring (bicyclic) bond motifs is 1. The van der Waals surface area contributed by atoms with Gasteiger partial charge in [0.2, 0.25) is 5.91 Å². The van der Waals surface area contributed by atoms with E-state index in [1.54, 1.807) is 30.3 Å². The number of benzene rings is 2. The number of ether oxygens (including phenoxy) is 2. The van der Waals surface area contributed by atoms with Gasteiger partial charge in [-0.1, -0.05) is 29.8 Å². The van der Waals surface area contributed by atoms with E-state index in [0.717, 1.165) is 36.1 Å². The third kappa shape index (κ3) is 5.76. The molecular formula is C25H23ClN2O5S. The fraction of sp³-hybridized carbons (Fsp3) is 0.240. The first-order chi connectivity index (χ1) is 16.4. The van der Waals surface area contributed by atoms with E-state index in [1.165, 1.54) is 18.3 Å². The van der Waals surface area contributed by atoms with E-state index in [-0.39, 0.29) is 5.91 Å². The van der Waals surface area contributed by atoms with Crippen LogP contribution in [0.3, 0.4) is 0 Å². The van der Waals surface area contributed by atoms with E-state index < -0.39 is 18.5 Å². The molecule has 4 rings (SSSR count). The highest BCUT2D eigenvalue weighted by Crippen LogP contribution is 2.38. The molecule has 1 aliphatic rings. The molecule has 7 nitrogen and oxygen atoms in total. The van der Waals surface area contributed by atoms with Gasteiger partial charge in [0.25, 0.3) is 5.91 Å². The van der Waals surface area contributed by atoms with E-state index in [0.29, 0.717) is 32.8 Å². The SMILES string of the molecule is CC(=O)Nc1sc2c(c1C(=O)OCC(=O)Nc1cc(Cl)ccc1Oc1ccccc1)CCCC2. The lowest BCUT2D eigenvalue weighted by Gasteiger charge is -2.14. The first kappa shape index (κ1) is 23.8. The van der Waals surface area contributed by atoms with Gasteiger partial charge >= 0.3 is 5.97 Å². The average molecular weight is 499 g/mol. The normalized spacial score (nSPS) is 12.4. The van der Waals surface area contributed by atoms with Crippen molar-refractivity contribution < 1.29 is 23.9 Å². The Morgan fingerprint density at radius 2 is 1.79 bits per heavy atom. The van der Waals surface area contributed by atoms with Crippen LogP contribution in [0.5, 0.6) is 11.5 Å². The maximum absolute atomic E-state index is 12.9. The number of amides is 2. The Balaban J connectivity index is 1.45. The molecule has 0 atom stereocenters. The van der Waals surface area contributed by atoms with E-state index in [4.69, 9.17) is 21.1 Å². The zero-order valence-electron chi connectivity index (χ0n) is 18.5. The minimum Gasteiger partial charge on any atom is -0.455 e. The van der Waals surface area contributed by atoms with Crippen molar-refractivity contribution in [2.45, 2.75) is 32.6 Å². The molecular weight excluding hydrogens is 476 g/mol. The first-order valence-corrected chi connectivity index (χ1v) is 12.0. The smallest absolute Gasteiger partial charge is 0.341 e. The third-order valence-corrected chi connectivity index (χ3v) is 6.63. The molecule has 1 aromatic heterocycles. The maximum atomic E-state index is 12.9. The summed E-state index contributed by atoms with van der Waals surface area (Å²) in [6.45, 7) is 0.890. The third-order valence-electron chi connectivity index (χ3n) is 5.19. The van der Waals surface area contributed by atoms with E-state index in [9.17, 15) is 14.4 Å². The van der Waals surface area contributed by atoms with Gasteiger partial charge < -0.3 is 20.1 Å². The maximum Gasteiger partial charge on any atom is 0.341 e. The van der Waals surface area contributed by atoms with Crippen LogP contribution >= 0.6 is 22.9 Å². The highest BCUT2D eigenvalue weighted by atomic mass is 35.5. The molecule has 1 heterocycles. The number of hydrogen-bond donors (Lipinski definition) is 2. The molecule has 176 valence electrons. The quantitative estimate of drug-likeness (QED) is 0.400. The van der Waals surface area contributed by atoms with Crippen LogP contribution in [0, 0.1) is 0 Å². The van der Waals surface area contributed by atoms with Crippen LogP contribution in [0.1, 0.15) is 40.6 Å². The molecule has 0 spiro atoms. The van der Waals surface area contributed by atoms with Gasteiger partial charge in [0.15, 0.2) is 12.4 Å². The Morgan fingerprint density at radius 1 is 1.03 bits per heavy atom. The van der Waals surface area contributed by atoms with Crippen molar-refractivity contribution in [3.63, 3.8) is 0 Å². The summed E-state index contributed by atoms with van der Waals surface area (Å²) in [5.74, 6) is -0.448. The van der Waals surface area contributed by atoms with E-state index in [2.05, 4.69) is 10.6 Å². The second-order valence-corrected chi connectivity index (χ2v) is 9.32. The van der Waals surface area contributed by atoms with Gasteiger partial charge in [-0.3, -0.25) is 9.59 Å². The number of anilines is 2. The van der Waals surface area contributed by atoms with Crippen molar-refractivity contribution in [3.8, 4) is 11.5 Å². The van der Waals surface area contributed by atoms with Gasteiger partial charge in [-0.15, -0.1) is 11.3 Å². The fourth-order valence-corrected chi connectivity index (χ4v) is 5.22. The molecule has 34 heavy (non-hydrogen) atoms. The van der Waals surface area contributed by atoms with Crippen LogP contribution in [-0.2, 0) is 27.2 Å². The van der Waals surface area contributed by atoms with Crippen LogP contribution in [-0.4, -0.2) is 24.4 Å². The highest BCUT2D eigenvalue weighted by Gasteiger charge is 2.27. The lowest BCUT2D eigenvalue weighted by molar-refractivity contribution is -0.119. The van der Waals surface area contributed by atoms with Crippen LogP contribution in [0.4, 0.5) is 10.7 Å². The summed E-state index contributed by atoms with van der Waals surface area (Å²) in [5.41, 5.74) is 1.60. The molecule has 9 heteroatoms. The number of nitrogens with one attached hydrogen (secondary N) is 2. The van der Waals surface area contributed by atoms with Crippen LogP contribution in [0.25, 0.3) is 0 Å². The second-order valence-electron chi connectivity index (χ2n) is 7.78. The topological polar surface area (TPSA) is 93.7 Å². The molecule has 3 aromatic rings. The summed E-state index contributed by atoms with van der Waals surface area (Å²) in [5, 5.41) is 6.30. The summed E-state index contributed by atoms with van der Waals surface area (Å²) in [4.78, 5) is 38.2. The Morgan fingerprint density at radius 3 is 2.56 bits per heavy atom. The van der Waals surface area contributed by atoms with Crippen LogP contribution < -0.4 is 15.4 Å². The predicted octanol–water partition coefficient (Wildman–Crippen LogP) is 5.83. The summed E-state index contributed by atoms with van der Waals surface area (Å²) in [6.07, 6.45) is 3.60. The van der Waals surface area contributed by atoms with Crippen LogP contribution in [0.2, 0.25) is 5.02 Å². The Kier molecular flexibility index (Phi) is 7.49. The number of carbonyl (C=O) groups excluding carboxylic acids is 3. The van der Waals surface area contributed by atoms with Crippen LogP contribution in [0.15, 0.2) is 48.5 Å². The van der Waals surface area contributed by atoms with Crippen molar-refractivity contribution >= 4 is 51.4 Å². The van der Waals surface area contributed by atoms with Gasteiger partial charge in [-0.2, -0.15) is 0 Å². The average Bonchev–Trinajstić information content (AvgIpc) is 3.17. The standard InChI is InChI=1S/C25H23ClN2O5S/c1-15(29)27-24-23(18-9-5-6-10-21(18)34-24)25(31)32-14-22(30)28-19-13-16(26)11-12-20(19)33-17-7-3-2-4-8-17/h2-4,7-8,11-13H,5-6,9-10,14H2,1H3,(H,27,29)(H,28,30). The molecule has 0 unspecified atom stereocenters. The van der Waals surface area contributed by atoms with E-state index in [1.807, 2.05) is 18.2 Å². The number of rotatable bonds is 7. The van der Waals surface area contributed by atoms with Crippen molar-refractivity contribution in [2.24, 2.45) is 0 Å². The molecule has 1 aliphatic carbocycles. The molecule has 0 aliphatic heterocycles. The zero-order valence-corrected chi connectivity index (χ0v) is 20.1. The summed E-state index contributed by atoms with van der Waals surface area (Å²) in [6, 6.07) is 14.0. The van der Waals surface area contributed by atoms with E-state index >= 15 is 0 Å². The number of carbonyl (C=O) groups is 3. The number of para-hydroxylation sites is 1. The second kappa shape index (κ2) is 10.7. The van der Waals surface area contributed by atoms with Gasteiger partial charge in [-0.25, -0.2) is 4.79 Å². The summed E-state index contributed by atoms with van der Waals surface area (Å²) in [7, 11) is 0. The van der Waals surface area contributed by atoms with Crippen molar-refractivity contribution in [3.05, 3.63) is 69.6 Å². The monoisotopic (exact) mass is 498 g/mol. The fourth-order valence-electron chi connectivity index (χ4n) is 3.72. The molecule has 2 aromatic carbocycles. The van der Waals surface area contributed by atoms with Gasteiger partial charge in [0.1, 0.15) is 10.8 Å². The Hall–Kier alpha value is -3.36. The lowest BCUT2D eigenvalue weighted by atomic mass is 9.95. The molecule has 0 saturated carbocycles. The summed E-state index contributed by atoms with van der Waals surface area (Å²) < 4.78 is 11.2. The Bertz CT molecular complexity index is 1230. The minimum atomic E-state index is -0.634. The number of esters is 1. The number of hydrogen-bond acceptors (Lipinski definition) is 6.